The van der Waals surface area contributed by atoms with Gasteiger partial charge >= 0.3 is 0 Å². The van der Waals surface area contributed by atoms with E-state index in [0.717, 1.165) is 28.3 Å². The van der Waals surface area contributed by atoms with Gasteiger partial charge in [0, 0.05) is 43.5 Å². The first-order valence-corrected chi connectivity index (χ1v) is 8.97. The summed E-state index contributed by atoms with van der Waals surface area (Å²) in [4.78, 5) is 9.29. The number of aryl methyl sites for hydroxylation is 1. The minimum absolute atomic E-state index is 0.142. The molecule has 0 amide bonds. The molecule has 8 nitrogen and oxygen atoms in total. The molecule has 0 N–H and O–H groups in total. The summed E-state index contributed by atoms with van der Waals surface area (Å²) < 4.78 is 5.64. The Morgan fingerprint density at radius 1 is 1.22 bits per heavy atom. The van der Waals surface area contributed by atoms with Gasteiger partial charge in [-0.3, -0.25) is 13.8 Å². The molecule has 27 heavy (non-hydrogen) atoms. The van der Waals surface area contributed by atoms with Crippen LogP contribution in [0.5, 0.6) is 0 Å². The molecule has 0 bridgehead atoms. The number of rotatable bonds is 5. The third-order valence-electron chi connectivity index (χ3n) is 5.06. The quantitative estimate of drug-likeness (QED) is 0.547. The number of imidazole rings is 1. The van der Waals surface area contributed by atoms with E-state index in [0.29, 0.717) is 12.3 Å². The number of hydrogen-bond donors (Lipinski definition) is 0. The molecule has 8 heteroatoms. The smallest absolute Gasteiger partial charge is 0.149 e. The zero-order chi connectivity index (χ0) is 18.4. The largest absolute Gasteiger partial charge is 0.284 e. The molecule has 1 unspecified atom stereocenters. The molecule has 4 aromatic rings. The molecule has 4 heterocycles. The van der Waals surface area contributed by atoms with Gasteiger partial charge in [0.25, 0.3) is 0 Å². The molecule has 0 aliphatic heterocycles. The van der Waals surface area contributed by atoms with Crippen LogP contribution < -0.4 is 0 Å². The lowest BCUT2D eigenvalue weighted by Gasteiger charge is -2.12. The summed E-state index contributed by atoms with van der Waals surface area (Å²) in [6.07, 6.45) is 14.0. The van der Waals surface area contributed by atoms with Crippen molar-refractivity contribution in [2.24, 2.45) is 13.0 Å². The van der Waals surface area contributed by atoms with E-state index in [9.17, 15) is 0 Å². The van der Waals surface area contributed by atoms with Gasteiger partial charge in [-0.05, 0) is 18.8 Å². The fraction of sp³-hybridized carbons (Fsp3) is 0.316. The number of hydrogen-bond acceptors (Lipinski definition) is 5. The lowest BCUT2D eigenvalue weighted by molar-refractivity contribution is 0.412. The van der Waals surface area contributed by atoms with Gasteiger partial charge in [0.1, 0.15) is 11.5 Å². The van der Waals surface area contributed by atoms with E-state index in [2.05, 4.69) is 21.3 Å². The van der Waals surface area contributed by atoms with Gasteiger partial charge in [-0.15, -0.1) is 0 Å². The van der Waals surface area contributed by atoms with E-state index < -0.39 is 0 Å². The average molecular weight is 358 g/mol. The third kappa shape index (κ3) is 2.77. The molecule has 1 fully saturated rings. The van der Waals surface area contributed by atoms with Crippen LogP contribution in [0.1, 0.15) is 25.3 Å². The highest BCUT2D eigenvalue weighted by Gasteiger charge is 2.33. The molecule has 1 aliphatic carbocycles. The molecule has 0 saturated heterocycles. The SMILES string of the molecule is Cn1cc(-c2cc3nccn3c(-c3cnn(C(CC#N)C4CC4)c3)n2)cn1. The summed E-state index contributed by atoms with van der Waals surface area (Å²) in [6, 6.07) is 4.39. The van der Waals surface area contributed by atoms with E-state index in [1.54, 1.807) is 17.1 Å². The lowest BCUT2D eigenvalue weighted by Crippen LogP contribution is -2.11. The van der Waals surface area contributed by atoms with E-state index in [1.807, 2.05) is 47.0 Å². The predicted molar refractivity (Wildman–Crippen MR) is 98.4 cm³/mol. The van der Waals surface area contributed by atoms with Crippen molar-refractivity contribution in [1.82, 2.24) is 33.9 Å². The van der Waals surface area contributed by atoms with Crippen molar-refractivity contribution < 1.29 is 0 Å². The van der Waals surface area contributed by atoms with Crippen LogP contribution in [0.15, 0.2) is 43.2 Å². The van der Waals surface area contributed by atoms with Crippen LogP contribution in [-0.2, 0) is 7.05 Å². The molecule has 0 spiro atoms. The highest BCUT2D eigenvalue weighted by Crippen LogP contribution is 2.41. The van der Waals surface area contributed by atoms with Crippen LogP contribution in [0.4, 0.5) is 0 Å². The predicted octanol–water partition coefficient (Wildman–Crippen LogP) is 2.86. The Morgan fingerprint density at radius 2 is 2.07 bits per heavy atom. The number of aromatic nitrogens is 7. The molecular weight excluding hydrogens is 340 g/mol. The van der Waals surface area contributed by atoms with Crippen LogP contribution in [0, 0.1) is 17.2 Å². The monoisotopic (exact) mass is 358 g/mol. The van der Waals surface area contributed by atoms with E-state index in [-0.39, 0.29) is 6.04 Å². The van der Waals surface area contributed by atoms with Gasteiger partial charge in [-0.1, -0.05) is 0 Å². The third-order valence-corrected chi connectivity index (χ3v) is 5.06. The average Bonchev–Trinajstić information content (AvgIpc) is 3.07. The standard InChI is InChI=1S/C19H18N8/c1-25-11-14(9-22-25)16-8-18-21-6-7-26(18)19(24-16)15-10-23-27(12-15)17(4-5-20)13-2-3-13/h6-13,17H,2-4H2,1H3. The Morgan fingerprint density at radius 3 is 2.81 bits per heavy atom. The fourth-order valence-electron chi connectivity index (χ4n) is 3.51. The van der Waals surface area contributed by atoms with Crippen molar-refractivity contribution >= 4 is 5.65 Å². The van der Waals surface area contributed by atoms with Gasteiger partial charge in [-0.2, -0.15) is 15.5 Å². The Bertz CT molecular complexity index is 1150. The van der Waals surface area contributed by atoms with Gasteiger partial charge in [0.15, 0.2) is 0 Å². The minimum atomic E-state index is 0.142. The second kappa shape index (κ2) is 6.06. The Balaban J connectivity index is 1.60. The highest BCUT2D eigenvalue weighted by molar-refractivity contribution is 5.68. The summed E-state index contributed by atoms with van der Waals surface area (Å²) in [7, 11) is 1.88. The van der Waals surface area contributed by atoms with Gasteiger partial charge < -0.3 is 0 Å². The molecule has 1 saturated carbocycles. The van der Waals surface area contributed by atoms with E-state index in [1.165, 1.54) is 12.8 Å². The van der Waals surface area contributed by atoms with Crippen molar-refractivity contribution in [3.8, 4) is 28.7 Å². The van der Waals surface area contributed by atoms with Crippen molar-refractivity contribution in [2.75, 3.05) is 0 Å². The molecule has 4 aromatic heterocycles. The van der Waals surface area contributed by atoms with Crippen molar-refractivity contribution in [3.05, 3.63) is 43.2 Å². The van der Waals surface area contributed by atoms with Crippen LogP contribution in [-0.4, -0.2) is 33.9 Å². The van der Waals surface area contributed by atoms with Gasteiger partial charge in [-0.25, -0.2) is 9.97 Å². The summed E-state index contributed by atoms with van der Waals surface area (Å²) in [6.45, 7) is 0. The first-order chi connectivity index (χ1) is 13.2. The van der Waals surface area contributed by atoms with Crippen LogP contribution in [0.25, 0.3) is 28.3 Å². The number of nitrogens with zero attached hydrogens (tertiary/aromatic N) is 8. The van der Waals surface area contributed by atoms with Crippen molar-refractivity contribution in [2.45, 2.75) is 25.3 Å². The topological polar surface area (TPSA) is 89.6 Å². The number of fused-ring (bicyclic) bond motifs is 1. The lowest BCUT2D eigenvalue weighted by atomic mass is 10.1. The molecule has 1 aliphatic rings. The Hall–Kier alpha value is -3.47. The zero-order valence-corrected chi connectivity index (χ0v) is 14.9. The van der Waals surface area contributed by atoms with Gasteiger partial charge in [0.05, 0.1) is 42.2 Å². The summed E-state index contributed by atoms with van der Waals surface area (Å²) in [5, 5.41) is 17.9. The van der Waals surface area contributed by atoms with Gasteiger partial charge in [0.2, 0.25) is 0 Å². The van der Waals surface area contributed by atoms with Crippen LogP contribution in [0.3, 0.4) is 0 Å². The van der Waals surface area contributed by atoms with Crippen molar-refractivity contribution in [1.29, 1.82) is 5.26 Å². The second-order valence-corrected chi connectivity index (χ2v) is 7.00. The molecule has 0 aromatic carbocycles. The number of nitriles is 1. The van der Waals surface area contributed by atoms with E-state index >= 15 is 0 Å². The summed E-state index contributed by atoms with van der Waals surface area (Å²) >= 11 is 0. The van der Waals surface area contributed by atoms with Crippen LogP contribution in [0.2, 0.25) is 0 Å². The maximum Gasteiger partial charge on any atom is 0.149 e. The maximum absolute atomic E-state index is 9.15. The second-order valence-electron chi connectivity index (χ2n) is 7.00. The normalized spacial score (nSPS) is 15.1. The summed E-state index contributed by atoms with van der Waals surface area (Å²) in [5.74, 6) is 1.34. The first-order valence-electron chi connectivity index (χ1n) is 8.97. The molecular formula is C19H18N8. The highest BCUT2D eigenvalue weighted by atomic mass is 15.3. The van der Waals surface area contributed by atoms with E-state index in [4.69, 9.17) is 10.2 Å². The Labute approximate surface area is 155 Å². The zero-order valence-electron chi connectivity index (χ0n) is 14.9. The molecule has 5 rings (SSSR count). The fourth-order valence-corrected chi connectivity index (χ4v) is 3.51. The van der Waals surface area contributed by atoms with Crippen molar-refractivity contribution in [3.63, 3.8) is 0 Å². The maximum atomic E-state index is 9.15. The van der Waals surface area contributed by atoms with Crippen LogP contribution >= 0.6 is 0 Å². The Kier molecular flexibility index (Phi) is 3.53. The molecule has 0 radical (unpaired) electrons. The summed E-state index contributed by atoms with van der Waals surface area (Å²) in [5.41, 5.74) is 3.49. The molecule has 134 valence electrons. The minimum Gasteiger partial charge on any atom is -0.284 e. The first kappa shape index (κ1) is 15.8. The molecule has 1 atom stereocenters.